The molecule has 29 heavy (non-hydrogen) atoms. The second-order valence-corrected chi connectivity index (χ2v) is 7.44. The van der Waals surface area contributed by atoms with Gasteiger partial charge in [-0.1, -0.05) is 24.3 Å². The van der Waals surface area contributed by atoms with Gasteiger partial charge in [-0.25, -0.2) is 4.39 Å². The summed E-state index contributed by atoms with van der Waals surface area (Å²) in [5, 5.41) is 5.57. The van der Waals surface area contributed by atoms with Gasteiger partial charge in [-0.3, -0.25) is 9.59 Å². The van der Waals surface area contributed by atoms with Crippen molar-refractivity contribution in [3.8, 4) is 10.4 Å². The van der Waals surface area contributed by atoms with Gasteiger partial charge in [0.2, 0.25) is 5.91 Å². The van der Waals surface area contributed by atoms with E-state index in [-0.39, 0.29) is 17.6 Å². The molecule has 0 radical (unpaired) electrons. The Morgan fingerprint density at radius 1 is 1.03 bits per heavy atom. The van der Waals surface area contributed by atoms with Crippen LogP contribution in [0, 0.1) is 5.82 Å². The summed E-state index contributed by atoms with van der Waals surface area (Å²) in [5.41, 5.74) is 2.36. The van der Waals surface area contributed by atoms with Crippen molar-refractivity contribution in [3.63, 3.8) is 0 Å². The molecule has 3 aromatic rings. The maximum absolute atomic E-state index is 13.0. The van der Waals surface area contributed by atoms with Gasteiger partial charge in [0.1, 0.15) is 5.82 Å². The highest BCUT2D eigenvalue weighted by Gasteiger charge is 2.06. The summed E-state index contributed by atoms with van der Waals surface area (Å²) in [6.45, 7) is 2.77. The third-order valence-corrected chi connectivity index (χ3v) is 5.25. The molecule has 0 atom stereocenters. The van der Waals surface area contributed by atoms with E-state index in [0.29, 0.717) is 18.7 Å². The number of hydrogen-bond donors (Lipinski definition) is 2. The van der Waals surface area contributed by atoms with Gasteiger partial charge in [0.15, 0.2) is 0 Å². The third kappa shape index (κ3) is 5.86. The number of carbonyl (C=O) groups is 2. The molecular formula is C23H21FN2O2S. The normalized spacial score (nSPS) is 10.8. The highest BCUT2D eigenvalue weighted by molar-refractivity contribution is 7.16. The van der Waals surface area contributed by atoms with E-state index in [0.717, 1.165) is 20.9 Å². The molecule has 3 rings (SSSR count). The zero-order chi connectivity index (χ0) is 20.6. The van der Waals surface area contributed by atoms with E-state index in [2.05, 4.69) is 10.6 Å². The Labute approximate surface area is 173 Å². The first-order chi connectivity index (χ1) is 14.0. The van der Waals surface area contributed by atoms with E-state index in [1.807, 2.05) is 25.1 Å². The molecular weight excluding hydrogens is 387 g/mol. The number of thiophene rings is 1. The van der Waals surface area contributed by atoms with Gasteiger partial charge >= 0.3 is 0 Å². The molecule has 0 saturated carbocycles. The van der Waals surface area contributed by atoms with E-state index in [4.69, 9.17) is 0 Å². The molecule has 4 nitrogen and oxygen atoms in total. The SMILES string of the molecule is CCNC(=O)c1cccc(CNC(=O)/C=C/c2ccc(-c3ccc(F)cc3)s2)c1. The molecule has 0 aliphatic heterocycles. The van der Waals surface area contributed by atoms with E-state index < -0.39 is 0 Å². The van der Waals surface area contributed by atoms with Crippen LogP contribution in [-0.4, -0.2) is 18.4 Å². The minimum absolute atomic E-state index is 0.129. The molecule has 1 heterocycles. The van der Waals surface area contributed by atoms with Crippen LogP contribution in [0.25, 0.3) is 16.5 Å². The smallest absolute Gasteiger partial charge is 0.251 e. The largest absolute Gasteiger partial charge is 0.352 e. The monoisotopic (exact) mass is 408 g/mol. The van der Waals surface area contributed by atoms with Gasteiger partial charge in [0, 0.05) is 34.5 Å². The minimum Gasteiger partial charge on any atom is -0.352 e. The predicted molar refractivity (Wildman–Crippen MR) is 115 cm³/mol. The number of rotatable bonds is 7. The van der Waals surface area contributed by atoms with Gasteiger partial charge in [0.05, 0.1) is 0 Å². The van der Waals surface area contributed by atoms with E-state index in [1.54, 1.807) is 36.4 Å². The van der Waals surface area contributed by atoms with Crippen LogP contribution in [-0.2, 0) is 11.3 Å². The molecule has 0 aliphatic rings. The average Bonchev–Trinajstić information content (AvgIpc) is 3.21. The number of halogens is 1. The Balaban J connectivity index is 1.56. The molecule has 148 valence electrons. The molecule has 2 N–H and O–H groups in total. The lowest BCUT2D eigenvalue weighted by Gasteiger charge is -2.06. The Hall–Kier alpha value is -3.25. The molecule has 0 fully saturated rings. The van der Waals surface area contributed by atoms with Crippen LogP contribution in [0.1, 0.15) is 27.7 Å². The van der Waals surface area contributed by atoms with Crippen LogP contribution in [0.15, 0.2) is 66.7 Å². The lowest BCUT2D eigenvalue weighted by Crippen LogP contribution is -2.23. The summed E-state index contributed by atoms with van der Waals surface area (Å²) in [6.07, 6.45) is 3.23. The predicted octanol–water partition coefficient (Wildman–Crippen LogP) is 4.63. The molecule has 0 unspecified atom stereocenters. The number of nitrogens with one attached hydrogen (secondary N) is 2. The van der Waals surface area contributed by atoms with Crippen molar-refractivity contribution in [1.29, 1.82) is 0 Å². The second kappa shape index (κ2) is 9.80. The van der Waals surface area contributed by atoms with Crippen LogP contribution in [0.2, 0.25) is 0 Å². The Morgan fingerprint density at radius 3 is 2.59 bits per heavy atom. The van der Waals surface area contributed by atoms with Crippen molar-refractivity contribution >= 4 is 29.2 Å². The molecule has 0 aliphatic carbocycles. The first-order valence-corrected chi connectivity index (χ1v) is 10.1. The van der Waals surface area contributed by atoms with E-state index in [1.165, 1.54) is 29.5 Å². The molecule has 6 heteroatoms. The fraction of sp³-hybridized carbons (Fsp3) is 0.130. The Morgan fingerprint density at radius 2 is 1.83 bits per heavy atom. The molecule has 2 amide bonds. The summed E-state index contributed by atoms with van der Waals surface area (Å²) in [7, 11) is 0. The summed E-state index contributed by atoms with van der Waals surface area (Å²) in [4.78, 5) is 25.9. The van der Waals surface area contributed by atoms with Crippen molar-refractivity contribution in [2.24, 2.45) is 0 Å². The molecule has 0 bridgehead atoms. The fourth-order valence-corrected chi connectivity index (χ4v) is 3.62. The zero-order valence-electron chi connectivity index (χ0n) is 15.9. The van der Waals surface area contributed by atoms with Crippen LogP contribution in [0.5, 0.6) is 0 Å². The maximum Gasteiger partial charge on any atom is 0.251 e. The average molecular weight is 408 g/mol. The number of carbonyl (C=O) groups excluding carboxylic acids is 2. The summed E-state index contributed by atoms with van der Waals surface area (Å²) in [6, 6.07) is 17.4. The van der Waals surface area contributed by atoms with Crippen LogP contribution in [0.3, 0.4) is 0 Å². The summed E-state index contributed by atoms with van der Waals surface area (Å²) < 4.78 is 13.0. The number of hydrogen-bond acceptors (Lipinski definition) is 3. The van der Waals surface area contributed by atoms with E-state index >= 15 is 0 Å². The number of amides is 2. The highest BCUT2D eigenvalue weighted by atomic mass is 32.1. The van der Waals surface area contributed by atoms with Crippen molar-refractivity contribution in [3.05, 3.63) is 88.6 Å². The highest BCUT2D eigenvalue weighted by Crippen LogP contribution is 2.28. The standard InChI is InChI=1S/C23H21FN2O2S/c1-2-25-23(28)18-5-3-4-16(14-18)15-26-22(27)13-11-20-10-12-21(29-20)17-6-8-19(24)9-7-17/h3-14H,2,15H2,1H3,(H,25,28)(H,26,27)/b13-11+. The van der Waals surface area contributed by atoms with Crippen LogP contribution in [0.4, 0.5) is 4.39 Å². The van der Waals surface area contributed by atoms with Gasteiger partial charge in [0.25, 0.3) is 5.91 Å². The number of benzene rings is 2. The van der Waals surface area contributed by atoms with Crippen LogP contribution >= 0.6 is 11.3 Å². The van der Waals surface area contributed by atoms with E-state index in [9.17, 15) is 14.0 Å². The third-order valence-electron chi connectivity index (χ3n) is 4.15. The van der Waals surface area contributed by atoms with Gasteiger partial charge in [-0.15, -0.1) is 11.3 Å². The van der Waals surface area contributed by atoms with Gasteiger partial charge in [-0.2, -0.15) is 0 Å². The Bertz CT molecular complexity index is 1030. The van der Waals surface area contributed by atoms with Crippen molar-refractivity contribution in [2.75, 3.05) is 6.54 Å². The lowest BCUT2D eigenvalue weighted by molar-refractivity contribution is -0.116. The quantitative estimate of drug-likeness (QED) is 0.560. The minimum atomic E-state index is -0.265. The second-order valence-electron chi connectivity index (χ2n) is 6.32. The van der Waals surface area contributed by atoms with Crippen LogP contribution < -0.4 is 10.6 Å². The first kappa shape index (κ1) is 20.5. The topological polar surface area (TPSA) is 58.2 Å². The van der Waals surface area contributed by atoms with Crippen molar-refractivity contribution < 1.29 is 14.0 Å². The molecule has 1 aromatic heterocycles. The first-order valence-electron chi connectivity index (χ1n) is 9.24. The molecule has 0 spiro atoms. The maximum atomic E-state index is 13.0. The Kier molecular flexibility index (Phi) is 6.92. The van der Waals surface area contributed by atoms with Gasteiger partial charge in [-0.05, 0) is 60.5 Å². The molecule has 0 saturated heterocycles. The van der Waals surface area contributed by atoms with Gasteiger partial charge < -0.3 is 10.6 Å². The fourth-order valence-electron chi connectivity index (χ4n) is 2.70. The van der Waals surface area contributed by atoms with Crippen molar-refractivity contribution in [1.82, 2.24) is 10.6 Å². The summed E-state index contributed by atoms with van der Waals surface area (Å²) >= 11 is 1.52. The lowest BCUT2D eigenvalue weighted by atomic mass is 10.1. The molecule has 2 aromatic carbocycles. The summed E-state index contributed by atoms with van der Waals surface area (Å²) in [5.74, 6) is -0.612. The zero-order valence-corrected chi connectivity index (χ0v) is 16.8. The van der Waals surface area contributed by atoms with Crippen molar-refractivity contribution in [2.45, 2.75) is 13.5 Å².